The number of nitrogens with zero attached hydrogens (tertiary/aromatic N) is 2. The molecule has 0 aliphatic carbocycles. The van der Waals surface area contributed by atoms with Gasteiger partial charge in [-0.3, -0.25) is 9.59 Å². The highest BCUT2D eigenvalue weighted by molar-refractivity contribution is 5.76. The topological polar surface area (TPSA) is 54.3 Å². The van der Waals surface area contributed by atoms with Crippen LogP contribution in [-0.2, 0) is 11.3 Å². The molecular formula is C13H19N3O2. The van der Waals surface area contributed by atoms with Crippen LogP contribution in [0.25, 0.3) is 0 Å². The zero-order valence-corrected chi connectivity index (χ0v) is 10.6. The summed E-state index contributed by atoms with van der Waals surface area (Å²) in [5, 5.41) is 3.25. The molecular weight excluding hydrogens is 230 g/mol. The molecule has 0 unspecified atom stereocenters. The van der Waals surface area contributed by atoms with E-state index in [-0.39, 0.29) is 17.5 Å². The quantitative estimate of drug-likeness (QED) is 0.824. The number of hydrogen-bond acceptors (Lipinski definition) is 3. The Hall–Kier alpha value is -1.62. The number of hydrogen-bond donors (Lipinski definition) is 1. The first kappa shape index (κ1) is 12.8. The fourth-order valence-corrected chi connectivity index (χ4v) is 2.22. The van der Waals surface area contributed by atoms with E-state index >= 15 is 0 Å². The lowest BCUT2D eigenvalue weighted by Gasteiger charge is -2.34. The summed E-state index contributed by atoms with van der Waals surface area (Å²) >= 11 is 0. The Morgan fingerprint density at radius 2 is 2.33 bits per heavy atom. The molecule has 18 heavy (non-hydrogen) atoms. The lowest BCUT2D eigenvalue weighted by molar-refractivity contribution is -0.134. The van der Waals surface area contributed by atoms with Gasteiger partial charge >= 0.3 is 0 Å². The summed E-state index contributed by atoms with van der Waals surface area (Å²) in [5.41, 5.74) is -0.0568. The summed E-state index contributed by atoms with van der Waals surface area (Å²) in [6.45, 7) is 4.94. The molecule has 1 fully saturated rings. The first-order valence-corrected chi connectivity index (χ1v) is 6.34. The second kappa shape index (κ2) is 5.82. The van der Waals surface area contributed by atoms with Gasteiger partial charge in [-0.25, -0.2) is 0 Å². The molecule has 0 radical (unpaired) electrons. The summed E-state index contributed by atoms with van der Waals surface area (Å²) in [6, 6.07) is 5.26. The van der Waals surface area contributed by atoms with E-state index in [9.17, 15) is 9.59 Å². The van der Waals surface area contributed by atoms with Gasteiger partial charge in [-0.1, -0.05) is 6.07 Å². The maximum absolute atomic E-state index is 12.1. The van der Waals surface area contributed by atoms with Crippen LogP contribution in [0.2, 0.25) is 0 Å². The Morgan fingerprint density at radius 1 is 1.50 bits per heavy atom. The highest BCUT2D eigenvalue weighted by Gasteiger charge is 2.22. The minimum Gasteiger partial charge on any atom is -0.337 e. The molecule has 1 atom stereocenters. The number of aromatic nitrogens is 1. The summed E-state index contributed by atoms with van der Waals surface area (Å²) in [5.74, 6) is 0.125. The van der Waals surface area contributed by atoms with Crippen molar-refractivity contribution in [3.8, 4) is 0 Å². The molecule has 1 aliphatic rings. The largest absolute Gasteiger partial charge is 0.337 e. The van der Waals surface area contributed by atoms with Crippen LogP contribution >= 0.6 is 0 Å². The predicted octanol–water partition coefficient (Wildman–Crippen LogP) is 0.0587. The van der Waals surface area contributed by atoms with Gasteiger partial charge in [0.25, 0.3) is 5.56 Å². The summed E-state index contributed by atoms with van der Waals surface area (Å²) < 4.78 is 1.57. The number of aryl methyl sites for hydroxylation is 1. The van der Waals surface area contributed by atoms with Crippen LogP contribution in [0.15, 0.2) is 29.2 Å². The van der Waals surface area contributed by atoms with Gasteiger partial charge in [0.15, 0.2) is 0 Å². The molecule has 2 heterocycles. The van der Waals surface area contributed by atoms with E-state index < -0.39 is 0 Å². The molecule has 0 saturated carbocycles. The van der Waals surface area contributed by atoms with Gasteiger partial charge in [0.05, 0.1) is 0 Å². The van der Waals surface area contributed by atoms with Crippen molar-refractivity contribution in [3.05, 3.63) is 34.7 Å². The fourth-order valence-electron chi connectivity index (χ4n) is 2.22. The van der Waals surface area contributed by atoms with Crippen LogP contribution < -0.4 is 10.9 Å². The Bertz CT molecular complexity index is 469. The van der Waals surface area contributed by atoms with Crippen LogP contribution in [0.5, 0.6) is 0 Å². The third-order valence-electron chi connectivity index (χ3n) is 3.29. The molecule has 1 N–H and O–H groups in total. The number of pyridine rings is 1. The summed E-state index contributed by atoms with van der Waals surface area (Å²) in [4.78, 5) is 25.5. The smallest absolute Gasteiger partial charge is 0.250 e. The number of piperazine rings is 1. The SMILES string of the molecule is C[C@H]1CNCCN1C(=O)CCn1ccccc1=O. The molecule has 1 amide bonds. The van der Waals surface area contributed by atoms with Crippen molar-refractivity contribution in [2.24, 2.45) is 0 Å². The number of amides is 1. The maximum Gasteiger partial charge on any atom is 0.250 e. The molecule has 1 saturated heterocycles. The molecule has 98 valence electrons. The second-order valence-corrected chi connectivity index (χ2v) is 4.62. The highest BCUT2D eigenvalue weighted by atomic mass is 16.2. The van der Waals surface area contributed by atoms with Crippen LogP contribution in [0.3, 0.4) is 0 Å². The third kappa shape index (κ3) is 2.98. The molecule has 0 aromatic carbocycles. The van der Waals surface area contributed by atoms with E-state index in [1.54, 1.807) is 22.9 Å². The normalized spacial score (nSPS) is 19.8. The van der Waals surface area contributed by atoms with Crippen LogP contribution in [0, 0.1) is 0 Å². The Balaban J connectivity index is 1.92. The lowest BCUT2D eigenvalue weighted by Crippen LogP contribution is -2.52. The highest BCUT2D eigenvalue weighted by Crippen LogP contribution is 2.05. The molecule has 0 spiro atoms. The zero-order chi connectivity index (χ0) is 13.0. The molecule has 5 nitrogen and oxygen atoms in total. The Morgan fingerprint density at radius 3 is 3.06 bits per heavy atom. The van der Waals surface area contributed by atoms with Crippen molar-refractivity contribution < 1.29 is 4.79 Å². The minimum atomic E-state index is -0.0568. The molecule has 1 aliphatic heterocycles. The Kier molecular flexibility index (Phi) is 4.15. The molecule has 1 aromatic heterocycles. The average molecular weight is 249 g/mol. The van der Waals surface area contributed by atoms with E-state index in [0.717, 1.165) is 19.6 Å². The number of rotatable bonds is 3. The average Bonchev–Trinajstić information content (AvgIpc) is 2.38. The maximum atomic E-state index is 12.1. The number of nitrogens with one attached hydrogen (secondary N) is 1. The van der Waals surface area contributed by atoms with Crippen molar-refractivity contribution in [1.82, 2.24) is 14.8 Å². The van der Waals surface area contributed by atoms with E-state index in [4.69, 9.17) is 0 Å². The molecule has 2 rings (SSSR count). The minimum absolute atomic E-state index is 0.0568. The van der Waals surface area contributed by atoms with Crippen molar-refractivity contribution in [3.63, 3.8) is 0 Å². The predicted molar refractivity (Wildman–Crippen MR) is 69.4 cm³/mol. The van der Waals surface area contributed by atoms with Gasteiger partial charge < -0.3 is 14.8 Å². The first-order chi connectivity index (χ1) is 8.68. The van der Waals surface area contributed by atoms with Crippen LogP contribution in [0.4, 0.5) is 0 Å². The van der Waals surface area contributed by atoms with Crippen molar-refractivity contribution in [2.45, 2.75) is 25.9 Å². The van der Waals surface area contributed by atoms with E-state index in [1.807, 2.05) is 11.8 Å². The first-order valence-electron chi connectivity index (χ1n) is 6.34. The standard InChI is InChI=1S/C13H19N3O2/c1-11-10-14-6-9-16(11)13(18)5-8-15-7-3-2-4-12(15)17/h2-4,7,11,14H,5-6,8-10H2,1H3/t11-/m0/s1. The van der Waals surface area contributed by atoms with Crippen molar-refractivity contribution >= 4 is 5.91 Å². The second-order valence-electron chi connectivity index (χ2n) is 4.62. The number of carbonyl (C=O) groups excluding carboxylic acids is 1. The Labute approximate surface area is 106 Å². The lowest BCUT2D eigenvalue weighted by atomic mass is 10.2. The van der Waals surface area contributed by atoms with Crippen LogP contribution in [-0.4, -0.2) is 41.1 Å². The van der Waals surface area contributed by atoms with Gasteiger partial charge in [-0.2, -0.15) is 0 Å². The van der Waals surface area contributed by atoms with Gasteiger partial charge in [0.1, 0.15) is 0 Å². The van der Waals surface area contributed by atoms with E-state index in [1.165, 1.54) is 6.07 Å². The third-order valence-corrected chi connectivity index (χ3v) is 3.29. The molecule has 5 heteroatoms. The molecule has 1 aromatic rings. The fraction of sp³-hybridized carbons (Fsp3) is 0.538. The van der Waals surface area contributed by atoms with Gasteiger partial charge in [-0.15, -0.1) is 0 Å². The molecule has 0 bridgehead atoms. The van der Waals surface area contributed by atoms with E-state index in [2.05, 4.69) is 5.32 Å². The van der Waals surface area contributed by atoms with Crippen LogP contribution in [0.1, 0.15) is 13.3 Å². The van der Waals surface area contributed by atoms with Gasteiger partial charge in [0.2, 0.25) is 5.91 Å². The summed E-state index contributed by atoms with van der Waals surface area (Å²) in [6.07, 6.45) is 2.10. The van der Waals surface area contributed by atoms with Crippen molar-refractivity contribution in [1.29, 1.82) is 0 Å². The van der Waals surface area contributed by atoms with Gasteiger partial charge in [0, 0.05) is 50.9 Å². The zero-order valence-electron chi connectivity index (χ0n) is 10.6. The monoisotopic (exact) mass is 249 g/mol. The van der Waals surface area contributed by atoms with Gasteiger partial charge in [-0.05, 0) is 13.0 Å². The number of carbonyl (C=O) groups is 1. The summed E-state index contributed by atoms with van der Waals surface area (Å²) in [7, 11) is 0. The van der Waals surface area contributed by atoms with E-state index in [0.29, 0.717) is 13.0 Å². The van der Waals surface area contributed by atoms with Crippen molar-refractivity contribution in [2.75, 3.05) is 19.6 Å².